The van der Waals surface area contributed by atoms with Crippen molar-refractivity contribution in [1.29, 1.82) is 0 Å². The van der Waals surface area contributed by atoms with E-state index in [1.165, 1.54) is 12.1 Å². The maximum absolute atomic E-state index is 13.6. The van der Waals surface area contributed by atoms with Gasteiger partial charge in [-0.05, 0) is 78.7 Å². The molecule has 0 saturated heterocycles. The number of nitrogens with one attached hydrogen (secondary N) is 1. The molecule has 4 aromatic carbocycles. The summed E-state index contributed by atoms with van der Waals surface area (Å²) in [7, 11) is 0. The SMILES string of the molecule is CCOc1cc(C2Nc3ccccc3C(=O)N2c2ccc(Cl)cc2)ccc1OCc1ccc(F)cc1. The summed E-state index contributed by atoms with van der Waals surface area (Å²) in [5.74, 6) is 0.706. The van der Waals surface area contributed by atoms with Gasteiger partial charge in [0.05, 0.1) is 12.2 Å². The standard InChI is InChI=1S/C29H24ClFN2O3/c1-2-35-27-17-20(9-16-26(27)36-18-19-7-12-22(31)13-8-19)28-32-25-6-4-3-5-24(25)29(34)33(28)23-14-10-21(30)11-15-23/h3-17,28,32H,2,18H2,1H3. The minimum atomic E-state index is -0.487. The number of fused-ring (bicyclic) bond motifs is 1. The van der Waals surface area contributed by atoms with Gasteiger partial charge in [0, 0.05) is 16.4 Å². The number of anilines is 2. The van der Waals surface area contributed by atoms with Gasteiger partial charge in [-0.3, -0.25) is 9.69 Å². The van der Waals surface area contributed by atoms with Crippen molar-refractivity contribution in [3.63, 3.8) is 0 Å². The fraction of sp³-hybridized carbons (Fsp3) is 0.138. The Labute approximate surface area is 214 Å². The fourth-order valence-corrected chi connectivity index (χ4v) is 4.30. The molecule has 0 saturated carbocycles. The number of hydrogen-bond acceptors (Lipinski definition) is 4. The first-order valence-corrected chi connectivity index (χ1v) is 12.0. The van der Waals surface area contributed by atoms with Crippen LogP contribution in [-0.4, -0.2) is 12.5 Å². The highest BCUT2D eigenvalue weighted by Gasteiger charge is 2.34. The Kier molecular flexibility index (Phi) is 6.78. The number of halogens is 2. The maximum Gasteiger partial charge on any atom is 0.262 e. The van der Waals surface area contributed by atoms with Crippen molar-refractivity contribution in [2.24, 2.45) is 0 Å². The highest BCUT2D eigenvalue weighted by molar-refractivity contribution is 6.30. The van der Waals surface area contributed by atoms with Crippen LogP contribution in [0.3, 0.4) is 0 Å². The molecule has 0 aromatic heterocycles. The lowest BCUT2D eigenvalue weighted by molar-refractivity contribution is 0.0975. The van der Waals surface area contributed by atoms with Crippen LogP contribution in [0.4, 0.5) is 15.8 Å². The van der Waals surface area contributed by atoms with E-state index in [1.807, 2.05) is 61.5 Å². The molecule has 1 atom stereocenters. The van der Waals surface area contributed by atoms with Crippen LogP contribution in [0, 0.1) is 5.82 Å². The van der Waals surface area contributed by atoms with Gasteiger partial charge in [0.25, 0.3) is 5.91 Å². The summed E-state index contributed by atoms with van der Waals surface area (Å²) in [5.41, 5.74) is 3.73. The summed E-state index contributed by atoms with van der Waals surface area (Å²) in [5, 5.41) is 4.09. The summed E-state index contributed by atoms with van der Waals surface area (Å²) in [4.78, 5) is 15.3. The molecule has 0 aliphatic carbocycles. The van der Waals surface area contributed by atoms with E-state index in [9.17, 15) is 9.18 Å². The van der Waals surface area contributed by atoms with Gasteiger partial charge in [0.1, 0.15) is 18.6 Å². The van der Waals surface area contributed by atoms with Gasteiger partial charge >= 0.3 is 0 Å². The van der Waals surface area contributed by atoms with E-state index in [4.69, 9.17) is 21.1 Å². The topological polar surface area (TPSA) is 50.8 Å². The zero-order chi connectivity index (χ0) is 25.1. The van der Waals surface area contributed by atoms with E-state index in [-0.39, 0.29) is 18.3 Å². The lowest BCUT2D eigenvalue weighted by atomic mass is 10.0. The van der Waals surface area contributed by atoms with Crippen LogP contribution < -0.4 is 19.7 Å². The first-order chi connectivity index (χ1) is 17.5. The number of para-hydroxylation sites is 1. The van der Waals surface area contributed by atoms with Gasteiger partial charge in [-0.15, -0.1) is 0 Å². The van der Waals surface area contributed by atoms with Crippen molar-refractivity contribution in [2.45, 2.75) is 19.7 Å². The molecule has 0 radical (unpaired) electrons. The Morgan fingerprint density at radius 3 is 2.42 bits per heavy atom. The molecule has 1 aliphatic rings. The Balaban J connectivity index is 1.50. The molecule has 1 N–H and O–H groups in total. The third-order valence-electron chi connectivity index (χ3n) is 5.92. The summed E-state index contributed by atoms with van der Waals surface area (Å²) in [6.45, 7) is 2.61. The monoisotopic (exact) mass is 502 g/mol. The first-order valence-electron chi connectivity index (χ1n) is 11.6. The van der Waals surface area contributed by atoms with Crippen molar-refractivity contribution in [2.75, 3.05) is 16.8 Å². The van der Waals surface area contributed by atoms with Gasteiger partial charge in [-0.1, -0.05) is 41.9 Å². The van der Waals surface area contributed by atoms with Crippen LogP contribution >= 0.6 is 11.6 Å². The molecular formula is C29H24ClFN2O3. The minimum absolute atomic E-state index is 0.119. The molecule has 7 heteroatoms. The molecule has 36 heavy (non-hydrogen) atoms. The van der Waals surface area contributed by atoms with Crippen LogP contribution in [0.25, 0.3) is 0 Å². The largest absolute Gasteiger partial charge is 0.490 e. The lowest BCUT2D eigenvalue weighted by Gasteiger charge is -2.38. The van der Waals surface area contributed by atoms with Crippen LogP contribution in [0.15, 0.2) is 91.0 Å². The second kappa shape index (κ2) is 10.3. The summed E-state index contributed by atoms with van der Waals surface area (Å²) < 4.78 is 25.1. The number of carbonyl (C=O) groups excluding carboxylic acids is 1. The van der Waals surface area contributed by atoms with E-state index in [1.54, 1.807) is 29.2 Å². The molecule has 1 unspecified atom stereocenters. The number of ether oxygens (including phenoxy) is 2. The highest BCUT2D eigenvalue weighted by Crippen LogP contribution is 2.39. The van der Waals surface area contributed by atoms with Crippen LogP contribution in [0.5, 0.6) is 11.5 Å². The zero-order valence-electron chi connectivity index (χ0n) is 19.6. The average Bonchev–Trinajstić information content (AvgIpc) is 2.90. The average molecular weight is 503 g/mol. The van der Waals surface area contributed by atoms with E-state index in [0.717, 1.165) is 16.8 Å². The van der Waals surface area contributed by atoms with Gasteiger partial charge in [-0.2, -0.15) is 0 Å². The molecule has 4 aromatic rings. The molecule has 5 nitrogen and oxygen atoms in total. The lowest BCUT2D eigenvalue weighted by Crippen LogP contribution is -2.43. The molecule has 1 heterocycles. The minimum Gasteiger partial charge on any atom is -0.490 e. The Bertz CT molecular complexity index is 1380. The van der Waals surface area contributed by atoms with Crippen molar-refractivity contribution in [3.05, 3.63) is 119 Å². The molecule has 182 valence electrons. The van der Waals surface area contributed by atoms with E-state index in [0.29, 0.717) is 34.4 Å². The van der Waals surface area contributed by atoms with Gasteiger partial charge in [-0.25, -0.2) is 4.39 Å². The third-order valence-corrected chi connectivity index (χ3v) is 6.17. The second-order valence-corrected chi connectivity index (χ2v) is 8.73. The Morgan fingerprint density at radius 1 is 0.917 bits per heavy atom. The summed E-state index contributed by atoms with van der Waals surface area (Å²) >= 11 is 6.11. The number of amides is 1. The van der Waals surface area contributed by atoms with Crippen LogP contribution in [0.2, 0.25) is 5.02 Å². The highest BCUT2D eigenvalue weighted by atomic mass is 35.5. The third kappa shape index (κ3) is 4.86. The zero-order valence-corrected chi connectivity index (χ0v) is 20.3. The molecular weight excluding hydrogens is 479 g/mol. The normalized spacial score (nSPS) is 14.7. The summed E-state index contributed by atoms with van der Waals surface area (Å²) in [6, 6.07) is 26.4. The smallest absolute Gasteiger partial charge is 0.262 e. The quantitative estimate of drug-likeness (QED) is 0.289. The van der Waals surface area contributed by atoms with Gasteiger partial charge in [0.2, 0.25) is 0 Å². The van der Waals surface area contributed by atoms with Crippen molar-refractivity contribution < 1.29 is 18.7 Å². The number of hydrogen-bond donors (Lipinski definition) is 1. The van der Waals surface area contributed by atoms with E-state index < -0.39 is 6.17 Å². The van der Waals surface area contributed by atoms with Crippen molar-refractivity contribution in [3.8, 4) is 11.5 Å². The number of rotatable bonds is 7. The maximum atomic E-state index is 13.6. The number of benzene rings is 4. The van der Waals surface area contributed by atoms with Crippen LogP contribution in [0.1, 0.15) is 34.6 Å². The Morgan fingerprint density at radius 2 is 1.67 bits per heavy atom. The first kappa shape index (κ1) is 23.7. The molecule has 1 amide bonds. The van der Waals surface area contributed by atoms with Gasteiger partial charge < -0.3 is 14.8 Å². The number of nitrogens with zero attached hydrogens (tertiary/aromatic N) is 1. The van der Waals surface area contributed by atoms with E-state index in [2.05, 4.69) is 5.32 Å². The second-order valence-electron chi connectivity index (χ2n) is 8.30. The summed E-state index contributed by atoms with van der Waals surface area (Å²) in [6.07, 6.45) is -0.487. The fourth-order valence-electron chi connectivity index (χ4n) is 4.18. The molecule has 5 rings (SSSR count). The molecule has 1 aliphatic heterocycles. The van der Waals surface area contributed by atoms with Crippen LogP contribution in [-0.2, 0) is 6.61 Å². The molecule has 0 bridgehead atoms. The predicted molar refractivity (Wildman–Crippen MR) is 139 cm³/mol. The van der Waals surface area contributed by atoms with E-state index >= 15 is 0 Å². The molecule has 0 spiro atoms. The van der Waals surface area contributed by atoms with Crippen molar-refractivity contribution >= 4 is 28.9 Å². The van der Waals surface area contributed by atoms with Gasteiger partial charge in [0.15, 0.2) is 11.5 Å². The predicted octanol–water partition coefficient (Wildman–Crippen LogP) is 7.23. The molecule has 0 fully saturated rings. The Hall–Kier alpha value is -4.03. The van der Waals surface area contributed by atoms with Crippen molar-refractivity contribution in [1.82, 2.24) is 0 Å². The number of carbonyl (C=O) groups is 1.